The van der Waals surface area contributed by atoms with E-state index in [4.69, 9.17) is 14.4 Å². The molecule has 3 atom stereocenters. The normalized spacial score (nSPS) is 28.3. The van der Waals surface area contributed by atoms with Gasteiger partial charge in [-0.1, -0.05) is 0 Å². The molecule has 26 heavy (non-hydrogen) atoms. The minimum Gasteiger partial charge on any atom is -0.472 e. The molecule has 0 saturated carbocycles. The maximum atomic E-state index is 9.48. The van der Waals surface area contributed by atoms with Crippen LogP contribution in [-0.2, 0) is 13.0 Å². The van der Waals surface area contributed by atoms with Gasteiger partial charge in [-0.15, -0.1) is 0 Å². The van der Waals surface area contributed by atoms with Crippen LogP contribution in [0.25, 0.3) is 0 Å². The number of furan rings is 1. The van der Waals surface area contributed by atoms with Crippen molar-refractivity contribution in [2.75, 3.05) is 24.6 Å². The molecule has 2 aromatic rings. The Morgan fingerprint density at radius 3 is 3.08 bits per heavy atom. The summed E-state index contributed by atoms with van der Waals surface area (Å²) in [6, 6.07) is 3.05. The average molecular weight is 354 g/mol. The minimum absolute atomic E-state index is 0.258. The summed E-state index contributed by atoms with van der Waals surface area (Å²) in [5.41, 5.74) is 3.78. The van der Waals surface area contributed by atoms with E-state index in [1.807, 2.05) is 6.26 Å². The number of aliphatic hydroxyl groups excluding tert-OH is 1. The molecule has 1 N–H and O–H groups in total. The first-order valence-electron chi connectivity index (χ1n) is 9.80. The highest BCUT2D eigenvalue weighted by molar-refractivity contribution is 5.37. The van der Waals surface area contributed by atoms with Crippen LogP contribution in [-0.4, -0.2) is 45.7 Å². The van der Waals surface area contributed by atoms with Crippen LogP contribution >= 0.6 is 0 Å². The van der Waals surface area contributed by atoms with Crippen LogP contribution in [0, 0.1) is 5.92 Å². The van der Waals surface area contributed by atoms with Gasteiger partial charge in [0.05, 0.1) is 18.2 Å². The Morgan fingerprint density at radius 2 is 2.23 bits per heavy atom. The topological polar surface area (TPSA) is 65.6 Å². The SMILES string of the molecule is OC[C@H]1CCCN(c2ncc3c(n2)C[C@@H]2CC[C@H]3N2Cc2ccoc2)C1. The highest BCUT2D eigenvalue weighted by Crippen LogP contribution is 2.44. The molecule has 0 radical (unpaired) electrons. The van der Waals surface area contributed by atoms with E-state index in [9.17, 15) is 5.11 Å². The van der Waals surface area contributed by atoms with E-state index in [0.717, 1.165) is 44.8 Å². The summed E-state index contributed by atoms with van der Waals surface area (Å²) >= 11 is 0. The third-order valence-electron chi connectivity index (χ3n) is 6.32. The van der Waals surface area contributed by atoms with Gasteiger partial charge in [-0.3, -0.25) is 4.90 Å². The summed E-state index contributed by atoms with van der Waals surface area (Å²) in [6.45, 7) is 3.06. The van der Waals surface area contributed by atoms with Crippen LogP contribution in [0.2, 0.25) is 0 Å². The van der Waals surface area contributed by atoms with Crippen molar-refractivity contribution in [3.8, 4) is 0 Å². The zero-order valence-electron chi connectivity index (χ0n) is 15.0. The number of hydrogen-bond acceptors (Lipinski definition) is 6. The molecule has 0 aliphatic carbocycles. The van der Waals surface area contributed by atoms with Crippen molar-refractivity contribution in [1.82, 2.24) is 14.9 Å². The van der Waals surface area contributed by atoms with Gasteiger partial charge < -0.3 is 14.4 Å². The van der Waals surface area contributed by atoms with Gasteiger partial charge in [0.25, 0.3) is 0 Å². The Balaban J connectivity index is 1.38. The average Bonchev–Trinajstić information content (AvgIpc) is 3.29. The van der Waals surface area contributed by atoms with Crippen molar-refractivity contribution in [2.24, 2.45) is 5.92 Å². The molecular weight excluding hydrogens is 328 g/mol. The lowest BCUT2D eigenvalue weighted by atomic mass is 9.98. The largest absolute Gasteiger partial charge is 0.472 e. The van der Waals surface area contributed by atoms with Crippen molar-refractivity contribution in [3.05, 3.63) is 41.6 Å². The van der Waals surface area contributed by atoms with E-state index in [2.05, 4.69) is 22.1 Å². The predicted octanol–water partition coefficient (Wildman–Crippen LogP) is 2.54. The highest BCUT2D eigenvalue weighted by Gasteiger charge is 2.41. The lowest BCUT2D eigenvalue weighted by Gasteiger charge is -2.36. The van der Waals surface area contributed by atoms with Gasteiger partial charge in [0, 0.05) is 62.1 Å². The van der Waals surface area contributed by atoms with Gasteiger partial charge in [0.1, 0.15) is 0 Å². The summed E-state index contributed by atoms with van der Waals surface area (Å²) in [6.07, 6.45) is 11.3. The summed E-state index contributed by atoms with van der Waals surface area (Å²) in [4.78, 5) is 14.5. The number of rotatable bonds is 4. The Hall–Kier alpha value is -1.92. The van der Waals surface area contributed by atoms with Gasteiger partial charge in [0.15, 0.2) is 0 Å². The third-order valence-corrected chi connectivity index (χ3v) is 6.32. The van der Waals surface area contributed by atoms with E-state index >= 15 is 0 Å². The standard InChI is InChI=1S/C20H26N4O2/c25-12-14-2-1-6-23(10-14)20-21-9-17-18(22-20)8-16-3-4-19(17)24(16)11-15-5-7-26-13-15/h5,7,9,13-14,16,19,25H,1-4,6,8,10-12H2/t14-,16-,19+/m0/s1. The van der Waals surface area contributed by atoms with Crippen LogP contribution in [0.15, 0.2) is 29.2 Å². The molecule has 0 unspecified atom stereocenters. The molecule has 5 heterocycles. The Labute approximate surface area is 153 Å². The number of aromatic nitrogens is 2. The Bertz CT molecular complexity index is 763. The highest BCUT2D eigenvalue weighted by atomic mass is 16.3. The fraction of sp³-hybridized carbons (Fsp3) is 0.600. The molecule has 2 saturated heterocycles. The number of hydrogen-bond donors (Lipinski definition) is 1. The number of nitrogens with zero attached hydrogens (tertiary/aromatic N) is 4. The molecule has 2 fully saturated rings. The van der Waals surface area contributed by atoms with Crippen molar-refractivity contribution < 1.29 is 9.52 Å². The van der Waals surface area contributed by atoms with Crippen LogP contribution in [0.1, 0.15) is 48.5 Å². The smallest absolute Gasteiger partial charge is 0.225 e. The van der Waals surface area contributed by atoms with E-state index in [1.54, 1.807) is 6.26 Å². The van der Waals surface area contributed by atoms with Crippen LogP contribution in [0.3, 0.4) is 0 Å². The summed E-state index contributed by atoms with van der Waals surface area (Å²) in [5, 5.41) is 9.48. The van der Waals surface area contributed by atoms with E-state index in [1.165, 1.54) is 29.7 Å². The molecule has 0 amide bonds. The number of piperidine rings is 1. The van der Waals surface area contributed by atoms with Gasteiger partial charge in [-0.25, -0.2) is 9.97 Å². The molecule has 3 aliphatic rings. The number of fused-ring (bicyclic) bond motifs is 4. The van der Waals surface area contributed by atoms with E-state index < -0.39 is 0 Å². The van der Waals surface area contributed by atoms with Crippen LogP contribution in [0.5, 0.6) is 0 Å². The quantitative estimate of drug-likeness (QED) is 0.910. The molecule has 0 aromatic carbocycles. The third kappa shape index (κ3) is 2.81. The first-order chi connectivity index (χ1) is 12.8. The first-order valence-corrected chi connectivity index (χ1v) is 9.80. The molecule has 3 aliphatic heterocycles. The van der Waals surface area contributed by atoms with Gasteiger partial charge in [-0.2, -0.15) is 0 Å². The van der Waals surface area contributed by atoms with Crippen LogP contribution < -0.4 is 4.90 Å². The van der Waals surface area contributed by atoms with Crippen molar-refractivity contribution in [2.45, 2.75) is 50.7 Å². The summed E-state index contributed by atoms with van der Waals surface area (Å²) in [7, 11) is 0. The lowest BCUT2D eigenvalue weighted by molar-refractivity contribution is 0.165. The van der Waals surface area contributed by atoms with Gasteiger partial charge in [0.2, 0.25) is 5.95 Å². The maximum Gasteiger partial charge on any atom is 0.225 e. The maximum absolute atomic E-state index is 9.48. The molecular formula is C20H26N4O2. The molecule has 138 valence electrons. The van der Waals surface area contributed by atoms with Gasteiger partial charge in [-0.05, 0) is 37.7 Å². The first kappa shape index (κ1) is 16.3. The van der Waals surface area contributed by atoms with Crippen molar-refractivity contribution in [1.29, 1.82) is 0 Å². The molecule has 5 rings (SSSR count). The number of anilines is 1. The Kier molecular flexibility index (Phi) is 4.17. The molecule has 0 spiro atoms. The monoisotopic (exact) mass is 354 g/mol. The van der Waals surface area contributed by atoms with Gasteiger partial charge >= 0.3 is 0 Å². The predicted molar refractivity (Wildman–Crippen MR) is 97.8 cm³/mol. The second-order valence-electron chi connectivity index (χ2n) is 7.96. The zero-order chi connectivity index (χ0) is 17.5. The lowest BCUT2D eigenvalue weighted by Crippen LogP contribution is -2.40. The minimum atomic E-state index is 0.258. The van der Waals surface area contributed by atoms with Crippen molar-refractivity contribution >= 4 is 5.95 Å². The van der Waals surface area contributed by atoms with Crippen LogP contribution in [0.4, 0.5) is 5.95 Å². The Morgan fingerprint density at radius 1 is 1.27 bits per heavy atom. The summed E-state index contributed by atoms with van der Waals surface area (Å²) in [5.74, 6) is 1.20. The number of aliphatic hydroxyl groups is 1. The molecule has 6 nitrogen and oxygen atoms in total. The zero-order valence-corrected chi connectivity index (χ0v) is 15.0. The fourth-order valence-corrected chi connectivity index (χ4v) is 4.95. The summed E-state index contributed by atoms with van der Waals surface area (Å²) < 4.78 is 5.24. The van der Waals surface area contributed by atoms with Crippen molar-refractivity contribution in [3.63, 3.8) is 0 Å². The van der Waals surface area contributed by atoms with E-state index in [0.29, 0.717) is 18.0 Å². The molecule has 6 heteroatoms. The van der Waals surface area contributed by atoms with E-state index in [-0.39, 0.29) is 6.61 Å². The molecule has 2 aromatic heterocycles. The second-order valence-corrected chi connectivity index (χ2v) is 7.96. The second kappa shape index (κ2) is 6.67. The fourth-order valence-electron chi connectivity index (χ4n) is 4.95. The molecule has 2 bridgehead atoms.